The Labute approximate surface area is 120 Å². The average molecular weight is 271 g/mol. The van der Waals surface area contributed by atoms with Gasteiger partial charge in [0.05, 0.1) is 12.7 Å². The minimum absolute atomic E-state index is 0.470. The van der Waals surface area contributed by atoms with Gasteiger partial charge in [-0.25, -0.2) is 0 Å². The Morgan fingerprint density at radius 2 is 1.70 bits per heavy atom. The van der Waals surface area contributed by atoms with Crippen LogP contribution in [-0.4, -0.2) is 12.2 Å². The quantitative estimate of drug-likeness (QED) is 0.845. The van der Waals surface area contributed by atoms with Crippen LogP contribution in [0.1, 0.15) is 29.7 Å². The third-order valence-electron chi connectivity index (χ3n) is 3.23. The third-order valence-corrected chi connectivity index (χ3v) is 3.23. The van der Waals surface area contributed by atoms with E-state index < -0.39 is 6.10 Å². The van der Waals surface area contributed by atoms with Gasteiger partial charge in [0.15, 0.2) is 0 Å². The fourth-order valence-corrected chi connectivity index (χ4v) is 2.14. The van der Waals surface area contributed by atoms with Crippen LogP contribution in [0.2, 0.25) is 0 Å². The summed E-state index contributed by atoms with van der Waals surface area (Å²) in [4.78, 5) is 0. The molecule has 0 aliphatic heterocycles. The SMILES string of the molecule is COCc1ccc(CNc2ccccc2C(C)O)cc1. The van der Waals surface area contributed by atoms with Crippen molar-refractivity contribution in [3.63, 3.8) is 0 Å². The van der Waals surface area contributed by atoms with Crippen molar-refractivity contribution in [2.45, 2.75) is 26.2 Å². The van der Waals surface area contributed by atoms with E-state index in [1.165, 1.54) is 11.1 Å². The molecule has 106 valence electrons. The smallest absolute Gasteiger partial charge is 0.0781 e. The molecule has 0 radical (unpaired) electrons. The van der Waals surface area contributed by atoms with Crippen molar-refractivity contribution in [1.82, 2.24) is 0 Å². The molecule has 2 aromatic carbocycles. The zero-order valence-corrected chi connectivity index (χ0v) is 12.0. The summed E-state index contributed by atoms with van der Waals surface area (Å²) in [5.74, 6) is 0. The zero-order valence-electron chi connectivity index (χ0n) is 12.0. The van der Waals surface area contributed by atoms with Gasteiger partial charge in [0.2, 0.25) is 0 Å². The van der Waals surface area contributed by atoms with Gasteiger partial charge in [-0.2, -0.15) is 0 Å². The standard InChI is InChI=1S/C17H21NO2/c1-13(19)16-5-3-4-6-17(16)18-11-14-7-9-15(10-8-14)12-20-2/h3-10,13,18-19H,11-12H2,1-2H3. The number of aliphatic hydroxyl groups excluding tert-OH is 1. The molecule has 0 saturated heterocycles. The lowest BCUT2D eigenvalue weighted by Gasteiger charge is -2.14. The summed E-state index contributed by atoms with van der Waals surface area (Å²) in [5, 5.41) is 13.1. The van der Waals surface area contributed by atoms with Crippen LogP contribution in [0, 0.1) is 0 Å². The number of methoxy groups -OCH3 is 1. The van der Waals surface area contributed by atoms with Gasteiger partial charge in [0.1, 0.15) is 0 Å². The highest BCUT2D eigenvalue weighted by Crippen LogP contribution is 2.22. The largest absolute Gasteiger partial charge is 0.389 e. The molecule has 20 heavy (non-hydrogen) atoms. The van der Waals surface area contributed by atoms with Gasteiger partial charge in [0.25, 0.3) is 0 Å². The van der Waals surface area contributed by atoms with Crippen molar-refractivity contribution in [2.24, 2.45) is 0 Å². The highest BCUT2D eigenvalue weighted by atomic mass is 16.5. The van der Waals surface area contributed by atoms with Crippen LogP contribution in [0.3, 0.4) is 0 Å². The molecule has 0 fully saturated rings. The van der Waals surface area contributed by atoms with E-state index in [-0.39, 0.29) is 0 Å². The number of benzene rings is 2. The van der Waals surface area contributed by atoms with E-state index >= 15 is 0 Å². The number of hydrogen-bond acceptors (Lipinski definition) is 3. The van der Waals surface area contributed by atoms with Crippen molar-refractivity contribution < 1.29 is 9.84 Å². The Kier molecular flexibility index (Phi) is 5.16. The second kappa shape index (κ2) is 7.08. The molecule has 3 heteroatoms. The fraction of sp³-hybridized carbons (Fsp3) is 0.294. The monoisotopic (exact) mass is 271 g/mol. The number of hydrogen-bond donors (Lipinski definition) is 2. The Balaban J connectivity index is 2.01. The summed E-state index contributed by atoms with van der Waals surface area (Å²) < 4.78 is 5.10. The van der Waals surface area contributed by atoms with E-state index in [9.17, 15) is 5.11 Å². The van der Waals surface area contributed by atoms with Crippen molar-refractivity contribution in [3.8, 4) is 0 Å². The lowest BCUT2D eigenvalue weighted by atomic mass is 10.1. The second-order valence-electron chi connectivity index (χ2n) is 4.87. The van der Waals surface area contributed by atoms with E-state index in [2.05, 4.69) is 29.6 Å². The fourth-order valence-electron chi connectivity index (χ4n) is 2.14. The van der Waals surface area contributed by atoms with E-state index in [1.54, 1.807) is 14.0 Å². The van der Waals surface area contributed by atoms with Crippen LogP contribution >= 0.6 is 0 Å². The number of para-hydroxylation sites is 1. The van der Waals surface area contributed by atoms with E-state index in [0.29, 0.717) is 6.61 Å². The van der Waals surface area contributed by atoms with Gasteiger partial charge in [-0.15, -0.1) is 0 Å². The van der Waals surface area contributed by atoms with E-state index in [0.717, 1.165) is 17.8 Å². The first-order valence-corrected chi connectivity index (χ1v) is 6.78. The molecule has 2 rings (SSSR count). The lowest BCUT2D eigenvalue weighted by Crippen LogP contribution is -2.04. The molecule has 0 saturated carbocycles. The summed E-state index contributed by atoms with van der Waals surface area (Å²) in [6.45, 7) is 3.15. The maximum absolute atomic E-state index is 9.74. The van der Waals surface area contributed by atoms with Gasteiger partial charge in [-0.3, -0.25) is 0 Å². The summed E-state index contributed by atoms with van der Waals surface area (Å²) >= 11 is 0. The normalized spacial score (nSPS) is 12.2. The van der Waals surface area contributed by atoms with Gasteiger partial charge in [-0.05, 0) is 24.1 Å². The maximum Gasteiger partial charge on any atom is 0.0781 e. The molecule has 0 amide bonds. The summed E-state index contributed by atoms with van der Waals surface area (Å²) in [5.41, 5.74) is 4.26. The molecule has 0 aliphatic carbocycles. The summed E-state index contributed by atoms with van der Waals surface area (Å²) in [7, 11) is 1.70. The van der Waals surface area contributed by atoms with Crippen LogP contribution in [0.15, 0.2) is 48.5 Å². The van der Waals surface area contributed by atoms with Crippen LogP contribution in [-0.2, 0) is 17.9 Å². The molecule has 0 bridgehead atoms. The Morgan fingerprint density at radius 3 is 2.35 bits per heavy atom. The van der Waals surface area contributed by atoms with Gasteiger partial charge in [-0.1, -0.05) is 42.5 Å². The Morgan fingerprint density at radius 1 is 1.05 bits per heavy atom. The van der Waals surface area contributed by atoms with E-state index in [4.69, 9.17) is 4.74 Å². The molecule has 3 nitrogen and oxygen atoms in total. The molecule has 2 aromatic rings. The average Bonchev–Trinajstić information content (AvgIpc) is 2.47. The first-order valence-electron chi connectivity index (χ1n) is 6.78. The van der Waals surface area contributed by atoms with Crippen molar-refractivity contribution >= 4 is 5.69 Å². The third kappa shape index (κ3) is 3.83. The van der Waals surface area contributed by atoms with Crippen LogP contribution in [0.4, 0.5) is 5.69 Å². The summed E-state index contributed by atoms with van der Waals surface area (Å²) in [6.07, 6.45) is -0.470. The molecule has 2 N–H and O–H groups in total. The van der Waals surface area contributed by atoms with Gasteiger partial charge in [0, 0.05) is 24.9 Å². The number of ether oxygens (including phenoxy) is 1. The first-order chi connectivity index (χ1) is 9.70. The molecule has 1 atom stereocenters. The predicted molar refractivity (Wildman–Crippen MR) is 81.6 cm³/mol. The van der Waals surface area contributed by atoms with Gasteiger partial charge >= 0.3 is 0 Å². The molecular formula is C17H21NO2. The highest BCUT2D eigenvalue weighted by Gasteiger charge is 2.06. The van der Waals surface area contributed by atoms with Crippen molar-refractivity contribution in [3.05, 3.63) is 65.2 Å². The molecule has 0 spiro atoms. The minimum Gasteiger partial charge on any atom is -0.389 e. The van der Waals surface area contributed by atoms with Crippen LogP contribution in [0.25, 0.3) is 0 Å². The second-order valence-corrected chi connectivity index (χ2v) is 4.87. The molecular weight excluding hydrogens is 250 g/mol. The molecule has 0 heterocycles. The maximum atomic E-state index is 9.74. The number of aliphatic hydroxyl groups is 1. The Bertz CT molecular complexity index is 535. The van der Waals surface area contributed by atoms with Crippen molar-refractivity contribution in [1.29, 1.82) is 0 Å². The lowest BCUT2D eigenvalue weighted by molar-refractivity contribution is 0.185. The number of anilines is 1. The van der Waals surface area contributed by atoms with Crippen molar-refractivity contribution in [2.75, 3.05) is 12.4 Å². The summed E-state index contributed by atoms with van der Waals surface area (Å²) in [6, 6.07) is 16.2. The molecule has 0 aliphatic rings. The van der Waals surface area contributed by atoms with Crippen LogP contribution < -0.4 is 5.32 Å². The number of rotatable bonds is 6. The zero-order chi connectivity index (χ0) is 14.4. The molecule has 0 aromatic heterocycles. The molecule has 1 unspecified atom stereocenters. The topological polar surface area (TPSA) is 41.5 Å². The Hall–Kier alpha value is -1.84. The van der Waals surface area contributed by atoms with E-state index in [1.807, 2.05) is 24.3 Å². The van der Waals surface area contributed by atoms with Gasteiger partial charge < -0.3 is 15.2 Å². The minimum atomic E-state index is -0.470. The van der Waals surface area contributed by atoms with Crippen LogP contribution in [0.5, 0.6) is 0 Å². The highest BCUT2D eigenvalue weighted by molar-refractivity contribution is 5.52. The first kappa shape index (κ1) is 14.6. The number of nitrogens with one attached hydrogen (secondary N) is 1. The predicted octanol–water partition coefficient (Wildman–Crippen LogP) is 3.50.